The number of hydrogen-bond donors (Lipinski definition) is 1. The molecular formula is C18H25ClIN5. The fraction of sp³-hybridized carbons (Fsp3) is 0.444. The number of nitrogens with zero attached hydrogens (tertiary/aromatic N) is 4. The minimum absolute atomic E-state index is 0. The van der Waals surface area contributed by atoms with Crippen LogP contribution in [0.4, 0.5) is 0 Å². The third kappa shape index (κ3) is 5.10. The molecule has 0 aliphatic carbocycles. The summed E-state index contributed by atoms with van der Waals surface area (Å²) in [6.45, 7) is 4.98. The SMILES string of the molecule is CN=C(NCc1cccc(Cl)c1)N1CCC(C)C(n2ccnc2)C1.I. The van der Waals surface area contributed by atoms with Crippen LogP contribution in [0.15, 0.2) is 48.0 Å². The molecule has 1 N–H and O–H groups in total. The molecule has 0 spiro atoms. The molecule has 0 radical (unpaired) electrons. The van der Waals surface area contributed by atoms with Crippen molar-refractivity contribution in [3.05, 3.63) is 53.6 Å². The van der Waals surface area contributed by atoms with Gasteiger partial charge in [-0.2, -0.15) is 0 Å². The van der Waals surface area contributed by atoms with Crippen LogP contribution < -0.4 is 5.32 Å². The summed E-state index contributed by atoms with van der Waals surface area (Å²) in [5, 5.41) is 4.22. The summed E-state index contributed by atoms with van der Waals surface area (Å²) in [4.78, 5) is 11.0. The summed E-state index contributed by atoms with van der Waals surface area (Å²) in [6, 6.07) is 8.33. The van der Waals surface area contributed by atoms with Crippen molar-refractivity contribution in [1.29, 1.82) is 0 Å². The Morgan fingerprint density at radius 3 is 2.96 bits per heavy atom. The summed E-state index contributed by atoms with van der Waals surface area (Å²) >= 11 is 6.06. The van der Waals surface area contributed by atoms with Crippen LogP contribution in [0.25, 0.3) is 0 Å². The van der Waals surface area contributed by atoms with Gasteiger partial charge < -0.3 is 14.8 Å². The third-order valence-electron chi connectivity index (χ3n) is 4.68. The number of piperidine rings is 1. The fourth-order valence-corrected chi connectivity index (χ4v) is 3.47. The maximum absolute atomic E-state index is 6.06. The van der Waals surface area contributed by atoms with Gasteiger partial charge in [0, 0.05) is 44.1 Å². The predicted molar refractivity (Wildman–Crippen MR) is 114 cm³/mol. The van der Waals surface area contributed by atoms with E-state index in [2.05, 4.69) is 37.8 Å². The van der Waals surface area contributed by atoms with Gasteiger partial charge in [-0.3, -0.25) is 4.99 Å². The Kier molecular flexibility index (Phi) is 7.56. The largest absolute Gasteiger partial charge is 0.352 e. The van der Waals surface area contributed by atoms with Crippen LogP contribution in [0.3, 0.4) is 0 Å². The molecule has 1 saturated heterocycles. The van der Waals surface area contributed by atoms with Gasteiger partial charge in [-0.05, 0) is 30.0 Å². The van der Waals surface area contributed by atoms with Crippen LogP contribution >= 0.6 is 35.6 Å². The van der Waals surface area contributed by atoms with E-state index < -0.39 is 0 Å². The molecule has 1 aromatic carbocycles. The zero-order valence-corrected chi connectivity index (χ0v) is 17.7. The van der Waals surface area contributed by atoms with E-state index in [9.17, 15) is 0 Å². The van der Waals surface area contributed by atoms with Crippen molar-refractivity contribution >= 4 is 41.5 Å². The third-order valence-corrected chi connectivity index (χ3v) is 4.91. The first-order valence-electron chi connectivity index (χ1n) is 8.35. The molecule has 0 bridgehead atoms. The van der Waals surface area contributed by atoms with Crippen molar-refractivity contribution in [2.24, 2.45) is 10.9 Å². The first-order chi connectivity index (χ1) is 11.7. The van der Waals surface area contributed by atoms with Crippen molar-refractivity contribution in [3.63, 3.8) is 0 Å². The van der Waals surface area contributed by atoms with Gasteiger partial charge in [0.25, 0.3) is 0 Å². The summed E-state index contributed by atoms with van der Waals surface area (Å²) in [5.41, 5.74) is 1.15. The second-order valence-corrected chi connectivity index (χ2v) is 6.76. The first kappa shape index (κ1) is 20.0. The molecule has 136 valence electrons. The highest BCUT2D eigenvalue weighted by Crippen LogP contribution is 2.27. The van der Waals surface area contributed by atoms with E-state index in [0.29, 0.717) is 12.0 Å². The topological polar surface area (TPSA) is 45.5 Å². The predicted octanol–water partition coefficient (Wildman–Crippen LogP) is 3.81. The summed E-state index contributed by atoms with van der Waals surface area (Å²) in [7, 11) is 1.84. The Hall–Kier alpha value is -1.28. The Bertz CT molecular complexity index is 689. The molecule has 2 unspecified atom stereocenters. The number of halogens is 2. The number of likely N-dealkylation sites (tertiary alicyclic amines) is 1. The van der Waals surface area contributed by atoms with Gasteiger partial charge in [0.05, 0.1) is 12.4 Å². The van der Waals surface area contributed by atoms with Gasteiger partial charge in [-0.25, -0.2) is 4.98 Å². The molecule has 0 saturated carbocycles. The van der Waals surface area contributed by atoms with Crippen LogP contribution in [-0.2, 0) is 6.54 Å². The minimum Gasteiger partial charge on any atom is -0.352 e. The molecule has 7 heteroatoms. The molecule has 3 rings (SSSR count). The molecule has 1 aliphatic heterocycles. The summed E-state index contributed by atoms with van der Waals surface area (Å²) in [5.74, 6) is 1.56. The molecule has 2 aromatic rings. The maximum atomic E-state index is 6.06. The lowest BCUT2D eigenvalue weighted by atomic mass is 9.93. The zero-order valence-electron chi connectivity index (χ0n) is 14.6. The molecule has 1 aliphatic rings. The maximum Gasteiger partial charge on any atom is 0.193 e. The van der Waals surface area contributed by atoms with Crippen LogP contribution in [0.2, 0.25) is 5.02 Å². The number of guanidine groups is 1. The van der Waals surface area contributed by atoms with Gasteiger partial charge in [0.1, 0.15) is 0 Å². The van der Waals surface area contributed by atoms with Crippen molar-refractivity contribution in [2.75, 3.05) is 20.1 Å². The van der Waals surface area contributed by atoms with E-state index in [0.717, 1.165) is 42.6 Å². The second-order valence-electron chi connectivity index (χ2n) is 6.32. The average Bonchev–Trinajstić information content (AvgIpc) is 3.11. The highest BCUT2D eigenvalue weighted by Gasteiger charge is 2.28. The summed E-state index contributed by atoms with van der Waals surface area (Å²) < 4.78 is 2.21. The lowest BCUT2D eigenvalue weighted by molar-refractivity contribution is 0.189. The van der Waals surface area contributed by atoms with E-state index >= 15 is 0 Å². The monoisotopic (exact) mass is 473 g/mol. The van der Waals surface area contributed by atoms with Gasteiger partial charge in [-0.1, -0.05) is 30.7 Å². The van der Waals surface area contributed by atoms with Crippen LogP contribution in [0, 0.1) is 5.92 Å². The van der Waals surface area contributed by atoms with Crippen molar-refractivity contribution < 1.29 is 0 Å². The number of benzene rings is 1. The Morgan fingerprint density at radius 2 is 2.28 bits per heavy atom. The molecule has 25 heavy (non-hydrogen) atoms. The number of aliphatic imine (C=N–C) groups is 1. The highest BCUT2D eigenvalue weighted by molar-refractivity contribution is 14.0. The molecule has 1 aromatic heterocycles. The smallest absolute Gasteiger partial charge is 0.193 e. The lowest BCUT2D eigenvalue weighted by Gasteiger charge is -2.39. The fourth-order valence-electron chi connectivity index (χ4n) is 3.26. The molecule has 0 amide bonds. The van der Waals surface area contributed by atoms with E-state index in [4.69, 9.17) is 11.6 Å². The summed E-state index contributed by atoms with van der Waals surface area (Å²) in [6.07, 6.45) is 6.94. The Morgan fingerprint density at radius 1 is 1.44 bits per heavy atom. The van der Waals surface area contributed by atoms with Crippen LogP contribution in [0.1, 0.15) is 24.9 Å². The minimum atomic E-state index is 0. The first-order valence-corrected chi connectivity index (χ1v) is 8.72. The highest BCUT2D eigenvalue weighted by atomic mass is 127. The van der Waals surface area contributed by atoms with E-state index in [1.54, 1.807) is 0 Å². The normalized spacial score (nSPS) is 20.9. The van der Waals surface area contributed by atoms with Gasteiger partial charge in [0.15, 0.2) is 5.96 Å². The zero-order chi connectivity index (χ0) is 16.9. The Balaban J connectivity index is 0.00000225. The van der Waals surface area contributed by atoms with E-state index in [1.807, 2.05) is 44.0 Å². The Labute approximate surface area is 171 Å². The van der Waals surface area contributed by atoms with Crippen LogP contribution in [-0.4, -0.2) is 40.5 Å². The van der Waals surface area contributed by atoms with E-state index in [1.165, 1.54) is 0 Å². The van der Waals surface area contributed by atoms with Crippen molar-refractivity contribution in [3.8, 4) is 0 Å². The number of aromatic nitrogens is 2. The lowest BCUT2D eigenvalue weighted by Crippen LogP contribution is -2.48. The molecule has 5 nitrogen and oxygen atoms in total. The number of imidazole rings is 1. The van der Waals surface area contributed by atoms with Crippen molar-refractivity contribution in [2.45, 2.75) is 25.9 Å². The number of rotatable bonds is 3. The number of hydrogen-bond acceptors (Lipinski definition) is 2. The van der Waals surface area contributed by atoms with Gasteiger partial charge in [0.2, 0.25) is 0 Å². The van der Waals surface area contributed by atoms with E-state index in [-0.39, 0.29) is 24.0 Å². The molecule has 2 atom stereocenters. The standard InChI is InChI=1S/C18H24ClN5.HI/c1-14-6-8-23(12-17(14)24-9-7-21-13-24)18(20-2)22-11-15-4-3-5-16(19)10-15;/h3-5,7,9-10,13-14,17H,6,8,11-12H2,1-2H3,(H,20,22);1H. The van der Waals surface area contributed by atoms with Gasteiger partial charge >= 0.3 is 0 Å². The quantitative estimate of drug-likeness (QED) is 0.419. The average molecular weight is 474 g/mol. The van der Waals surface area contributed by atoms with Crippen LogP contribution in [0.5, 0.6) is 0 Å². The van der Waals surface area contributed by atoms with Gasteiger partial charge in [-0.15, -0.1) is 24.0 Å². The molecule has 2 heterocycles. The molecular weight excluding hydrogens is 449 g/mol. The van der Waals surface area contributed by atoms with Crippen molar-refractivity contribution in [1.82, 2.24) is 19.8 Å². The number of nitrogens with one attached hydrogen (secondary N) is 1. The second kappa shape index (κ2) is 9.43. The molecule has 1 fully saturated rings.